The third-order valence-electron chi connectivity index (χ3n) is 3.19. The predicted molar refractivity (Wildman–Crippen MR) is 74.4 cm³/mol. The van der Waals surface area contributed by atoms with Crippen molar-refractivity contribution in [2.75, 3.05) is 0 Å². The monoisotopic (exact) mass is 307 g/mol. The van der Waals surface area contributed by atoms with E-state index in [1.54, 1.807) is 6.92 Å². The van der Waals surface area contributed by atoms with E-state index in [-0.39, 0.29) is 12.5 Å². The van der Waals surface area contributed by atoms with Gasteiger partial charge in [0.15, 0.2) is 6.23 Å². The number of nitrogens with one attached hydrogen (secondary N) is 1. The first-order chi connectivity index (χ1) is 10.5. The van der Waals surface area contributed by atoms with Gasteiger partial charge in [-0.15, -0.1) is 0 Å². The average Bonchev–Trinajstić information content (AvgIpc) is 2.44. The van der Waals surface area contributed by atoms with Crippen molar-refractivity contribution in [3.63, 3.8) is 0 Å². The van der Waals surface area contributed by atoms with Crippen molar-refractivity contribution < 1.29 is 28.6 Å². The Bertz CT molecular complexity index is 558. The van der Waals surface area contributed by atoms with Gasteiger partial charge < -0.3 is 19.5 Å². The quantitative estimate of drug-likeness (QED) is 0.652. The number of esters is 1. The molecular weight excluding hydrogens is 290 g/mol. The molecule has 1 unspecified atom stereocenters. The number of rotatable bonds is 5. The predicted octanol–water partition coefficient (Wildman–Crippen LogP) is 1.36. The molecule has 1 saturated heterocycles. The van der Waals surface area contributed by atoms with Crippen LogP contribution in [0.2, 0.25) is 0 Å². The number of hydrogen-bond acceptors (Lipinski definition) is 6. The van der Waals surface area contributed by atoms with Crippen LogP contribution < -0.4 is 5.32 Å². The molecule has 7 heteroatoms. The molecule has 22 heavy (non-hydrogen) atoms. The van der Waals surface area contributed by atoms with Crippen molar-refractivity contribution in [2.24, 2.45) is 5.92 Å². The van der Waals surface area contributed by atoms with Crippen LogP contribution in [0.25, 0.3) is 0 Å². The Balaban J connectivity index is 1.80. The molecule has 0 bridgehead atoms. The second-order valence-corrected chi connectivity index (χ2v) is 4.91. The maximum absolute atomic E-state index is 11.6. The third-order valence-corrected chi connectivity index (χ3v) is 3.19. The van der Waals surface area contributed by atoms with Crippen LogP contribution in [-0.4, -0.2) is 30.4 Å². The highest BCUT2D eigenvalue weighted by Gasteiger charge is 2.47. The Morgan fingerprint density at radius 3 is 2.55 bits per heavy atom. The zero-order valence-electron chi connectivity index (χ0n) is 12.3. The molecule has 0 aromatic heterocycles. The molecule has 1 heterocycles. The summed E-state index contributed by atoms with van der Waals surface area (Å²) in [5, 5.41) is 2.42. The second-order valence-electron chi connectivity index (χ2n) is 4.91. The van der Waals surface area contributed by atoms with Gasteiger partial charge in [0.1, 0.15) is 18.6 Å². The summed E-state index contributed by atoms with van der Waals surface area (Å²) in [4.78, 5) is 34.0. The van der Waals surface area contributed by atoms with Crippen LogP contribution in [0, 0.1) is 5.92 Å². The molecule has 2 rings (SSSR count). The largest absolute Gasteiger partial charge is 0.508 e. The van der Waals surface area contributed by atoms with Crippen molar-refractivity contribution in [3.8, 4) is 0 Å². The summed E-state index contributed by atoms with van der Waals surface area (Å²) in [6.07, 6.45) is -2.42. The van der Waals surface area contributed by atoms with Crippen LogP contribution in [0.1, 0.15) is 19.4 Å². The van der Waals surface area contributed by atoms with E-state index < -0.39 is 30.4 Å². The Hall–Kier alpha value is -2.57. The molecule has 0 spiro atoms. The minimum Gasteiger partial charge on any atom is -0.441 e. The van der Waals surface area contributed by atoms with E-state index in [0.29, 0.717) is 0 Å². The molecule has 1 amide bonds. The van der Waals surface area contributed by atoms with Crippen molar-refractivity contribution in [1.82, 2.24) is 5.32 Å². The van der Waals surface area contributed by atoms with Crippen molar-refractivity contribution in [2.45, 2.75) is 32.8 Å². The van der Waals surface area contributed by atoms with E-state index in [1.807, 2.05) is 30.3 Å². The average molecular weight is 307 g/mol. The molecule has 1 aromatic carbocycles. The Morgan fingerprint density at radius 2 is 1.95 bits per heavy atom. The van der Waals surface area contributed by atoms with E-state index in [9.17, 15) is 14.4 Å². The number of carbonyl (C=O) groups is 3. The summed E-state index contributed by atoms with van der Waals surface area (Å²) in [5.41, 5.74) is 0.825. The van der Waals surface area contributed by atoms with Gasteiger partial charge in [-0.25, -0.2) is 4.79 Å². The number of amides is 1. The summed E-state index contributed by atoms with van der Waals surface area (Å²) >= 11 is 0. The summed E-state index contributed by atoms with van der Waals surface area (Å²) in [6, 6.07) is 9.14. The van der Waals surface area contributed by atoms with Crippen LogP contribution in [0.3, 0.4) is 0 Å². The fourth-order valence-corrected chi connectivity index (χ4v) is 2.08. The molecule has 1 N–H and O–H groups in total. The van der Waals surface area contributed by atoms with Gasteiger partial charge in [-0.3, -0.25) is 9.59 Å². The lowest BCUT2D eigenvalue weighted by Gasteiger charge is -2.38. The zero-order chi connectivity index (χ0) is 16.1. The third kappa shape index (κ3) is 3.97. The topological polar surface area (TPSA) is 90.9 Å². The summed E-state index contributed by atoms with van der Waals surface area (Å²) in [5.74, 6) is -1.59. The highest BCUT2D eigenvalue weighted by molar-refractivity contribution is 5.87. The summed E-state index contributed by atoms with van der Waals surface area (Å²) in [7, 11) is 0. The van der Waals surface area contributed by atoms with Gasteiger partial charge in [0.05, 0.1) is 0 Å². The van der Waals surface area contributed by atoms with E-state index in [1.165, 1.54) is 6.92 Å². The highest BCUT2D eigenvalue weighted by Crippen LogP contribution is 2.23. The van der Waals surface area contributed by atoms with Gasteiger partial charge in [0.25, 0.3) is 0 Å². The number of β-lactam (4-membered cyclic amide) rings is 1. The Labute approximate surface area is 127 Å². The summed E-state index contributed by atoms with van der Waals surface area (Å²) < 4.78 is 14.9. The second kappa shape index (κ2) is 6.93. The fourth-order valence-electron chi connectivity index (χ4n) is 2.08. The molecular formula is C15H17NO6. The number of benzene rings is 1. The number of carbonyl (C=O) groups excluding carboxylic acids is 3. The molecule has 1 aliphatic heterocycles. The molecule has 0 saturated carbocycles. The van der Waals surface area contributed by atoms with Crippen LogP contribution in [0.15, 0.2) is 30.3 Å². The lowest BCUT2D eigenvalue weighted by Crippen LogP contribution is -2.63. The normalized spacial score (nSPS) is 21.1. The lowest BCUT2D eigenvalue weighted by atomic mass is 9.93. The lowest BCUT2D eigenvalue weighted by molar-refractivity contribution is -0.174. The van der Waals surface area contributed by atoms with Crippen LogP contribution in [0.4, 0.5) is 4.79 Å². The standard InChI is InChI=1S/C15H17NO6/c1-9(12-13(18)16-14(12)22-10(2)17)21-15(19)20-8-11-6-4-3-5-7-11/h3-7,9,12,14H,8H2,1-2H3,(H,16,18)/t9?,12-,14+/m0/s1. The minimum atomic E-state index is -0.877. The minimum absolute atomic E-state index is 0.0800. The van der Waals surface area contributed by atoms with Gasteiger partial charge >= 0.3 is 12.1 Å². The maximum atomic E-state index is 11.6. The van der Waals surface area contributed by atoms with Crippen molar-refractivity contribution >= 4 is 18.0 Å². The highest BCUT2D eigenvalue weighted by atomic mass is 16.7. The van der Waals surface area contributed by atoms with Crippen molar-refractivity contribution in [1.29, 1.82) is 0 Å². The molecule has 0 radical (unpaired) electrons. The Morgan fingerprint density at radius 1 is 1.27 bits per heavy atom. The first-order valence-electron chi connectivity index (χ1n) is 6.82. The maximum Gasteiger partial charge on any atom is 0.508 e. The van der Waals surface area contributed by atoms with Gasteiger partial charge in [0, 0.05) is 6.92 Å². The molecule has 1 aliphatic rings. The van der Waals surface area contributed by atoms with Gasteiger partial charge in [0.2, 0.25) is 5.91 Å². The smallest absolute Gasteiger partial charge is 0.441 e. The zero-order valence-corrected chi connectivity index (χ0v) is 12.3. The van der Waals surface area contributed by atoms with Crippen LogP contribution in [-0.2, 0) is 30.4 Å². The van der Waals surface area contributed by atoms with E-state index in [4.69, 9.17) is 14.2 Å². The van der Waals surface area contributed by atoms with Gasteiger partial charge in [-0.05, 0) is 12.5 Å². The molecule has 3 atom stereocenters. The van der Waals surface area contributed by atoms with E-state index in [2.05, 4.69) is 5.32 Å². The molecule has 1 aromatic rings. The SMILES string of the molecule is CC(=O)O[C@H]1NC(=O)[C@@H]1C(C)OC(=O)OCc1ccccc1. The van der Waals surface area contributed by atoms with Crippen LogP contribution in [0.5, 0.6) is 0 Å². The van der Waals surface area contributed by atoms with E-state index in [0.717, 1.165) is 5.56 Å². The van der Waals surface area contributed by atoms with E-state index >= 15 is 0 Å². The molecule has 7 nitrogen and oxygen atoms in total. The van der Waals surface area contributed by atoms with Crippen molar-refractivity contribution in [3.05, 3.63) is 35.9 Å². The first-order valence-corrected chi connectivity index (χ1v) is 6.82. The molecule has 0 aliphatic carbocycles. The molecule has 118 valence electrons. The first kappa shape index (κ1) is 15.8. The molecule has 1 fully saturated rings. The summed E-state index contributed by atoms with van der Waals surface area (Å²) in [6.45, 7) is 2.86. The van der Waals surface area contributed by atoms with Gasteiger partial charge in [-0.2, -0.15) is 0 Å². The number of ether oxygens (including phenoxy) is 3. The van der Waals surface area contributed by atoms with Crippen LogP contribution >= 0.6 is 0 Å². The Kier molecular flexibility index (Phi) is 4.98. The fraction of sp³-hybridized carbons (Fsp3) is 0.400. The van der Waals surface area contributed by atoms with Gasteiger partial charge in [-0.1, -0.05) is 30.3 Å². The number of hydrogen-bond donors (Lipinski definition) is 1.